The fourth-order valence-electron chi connectivity index (χ4n) is 4.38. The second kappa shape index (κ2) is 8.17. The highest BCUT2D eigenvalue weighted by atomic mass is 19.1. The number of guanidine groups is 1. The van der Waals surface area contributed by atoms with Gasteiger partial charge >= 0.3 is 0 Å². The van der Waals surface area contributed by atoms with E-state index >= 15 is 0 Å². The lowest BCUT2D eigenvalue weighted by Crippen LogP contribution is -2.43. The third kappa shape index (κ3) is 4.32. The number of halogens is 1. The third-order valence-electron chi connectivity index (χ3n) is 5.82. The van der Waals surface area contributed by atoms with Gasteiger partial charge in [0, 0.05) is 26.7 Å². The normalized spacial score (nSPS) is 25.2. The average Bonchev–Trinajstić information content (AvgIpc) is 3.03. The molecule has 25 heavy (non-hydrogen) atoms. The summed E-state index contributed by atoms with van der Waals surface area (Å²) in [6.07, 6.45) is 5.50. The van der Waals surface area contributed by atoms with Crippen LogP contribution in [0.4, 0.5) is 4.39 Å². The standard InChI is InChI=1S/C20H31FN4/c1-22-20(25-13-16-6-4-5-7-17(16)14-25)23-12-19(24(2)3)15-8-10-18(21)11-9-15/h8-11,16-17,19H,4-7,12-14H2,1-3H3,(H,22,23). The molecule has 1 heterocycles. The Morgan fingerprint density at radius 1 is 1.20 bits per heavy atom. The molecule has 1 saturated heterocycles. The van der Waals surface area contributed by atoms with E-state index in [4.69, 9.17) is 0 Å². The predicted molar refractivity (Wildman–Crippen MR) is 101 cm³/mol. The molecule has 1 aromatic rings. The van der Waals surface area contributed by atoms with Gasteiger partial charge in [0.15, 0.2) is 5.96 Å². The minimum Gasteiger partial charge on any atom is -0.354 e. The number of nitrogens with one attached hydrogen (secondary N) is 1. The Morgan fingerprint density at radius 2 is 1.80 bits per heavy atom. The van der Waals surface area contributed by atoms with Crippen molar-refractivity contribution >= 4 is 5.96 Å². The van der Waals surface area contributed by atoms with Crippen LogP contribution >= 0.6 is 0 Å². The minimum atomic E-state index is -0.190. The number of fused-ring (bicyclic) bond motifs is 1. The van der Waals surface area contributed by atoms with Crippen LogP contribution in [0.25, 0.3) is 0 Å². The number of benzene rings is 1. The van der Waals surface area contributed by atoms with Crippen LogP contribution in [-0.4, -0.2) is 56.5 Å². The molecular formula is C20H31FN4. The largest absolute Gasteiger partial charge is 0.354 e. The van der Waals surface area contributed by atoms with Crippen LogP contribution in [0.15, 0.2) is 29.3 Å². The lowest BCUT2D eigenvalue weighted by Gasteiger charge is -2.28. The molecule has 3 rings (SSSR count). The van der Waals surface area contributed by atoms with E-state index in [1.165, 1.54) is 37.8 Å². The maximum absolute atomic E-state index is 13.2. The maximum atomic E-state index is 13.2. The summed E-state index contributed by atoms with van der Waals surface area (Å²) in [5.41, 5.74) is 1.12. The Balaban J connectivity index is 1.62. The summed E-state index contributed by atoms with van der Waals surface area (Å²) in [6, 6.07) is 6.99. The van der Waals surface area contributed by atoms with Gasteiger partial charge in [0.1, 0.15) is 5.82 Å². The van der Waals surface area contributed by atoms with Crippen molar-refractivity contribution in [2.24, 2.45) is 16.8 Å². The molecule has 1 saturated carbocycles. The number of nitrogens with zero attached hydrogens (tertiary/aromatic N) is 3. The topological polar surface area (TPSA) is 30.9 Å². The Hall–Kier alpha value is -1.62. The van der Waals surface area contributed by atoms with Crippen LogP contribution in [0.5, 0.6) is 0 Å². The van der Waals surface area contributed by atoms with Gasteiger partial charge in [-0.1, -0.05) is 25.0 Å². The molecule has 4 nitrogen and oxygen atoms in total. The van der Waals surface area contributed by atoms with E-state index in [1.807, 2.05) is 19.2 Å². The zero-order valence-electron chi connectivity index (χ0n) is 15.7. The molecule has 1 aliphatic carbocycles. The van der Waals surface area contributed by atoms with Gasteiger partial charge in [0.05, 0.1) is 6.04 Å². The highest BCUT2D eigenvalue weighted by Gasteiger charge is 2.35. The molecule has 0 amide bonds. The molecule has 1 aromatic carbocycles. The van der Waals surface area contributed by atoms with Gasteiger partial charge in [0.2, 0.25) is 0 Å². The van der Waals surface area contributed by atoms with Crippen LogP contribution in [0.3, 0.4) is 0 Å². The number of rotatable bonds is 4. The van der Waals surface area contributed by atoms with Gasteiger partial charge in [-0.05, 0) is 56.5 Å². The maximum Gasteiger partial charge on any atom is 0.193 e. The molecule has 1 aliphatic heterocycles. The van der Waals surface area contributed by atoms with E-state index in [9.17, 15) is 4.39 Å². The van der Waals surface area contributed by atoms with Crippen molar-refractivity contribution < 1.29 is 4.39 Å². The fraction of sp³-hybridized carbons (Fsp3) is 0.650. The molecule has 5 heteroatoms. The first-order valence-corrected chi connectivity index (χ1v) is 9.46. The molecule has 0 aromatic heterocycles. The first-order chi connectivity index (χ1) is 12.1. The summed E-state index contributed by atoms with van der Waals surface area (Å²) >= 11 is 0. The molecule has 138 valence electrons. The Labute approximate surface area is 151 Å². The minimum absolute atomic E-state index is 0.183. The van der Waals surface area contributed by atoms with Crippen molar-refractivity contribution in [1.82, 2.24) is 15.1 Å². The molecule has 0 radical (unpaired) electrons. The second-order valence-corrected chi connectivity index (χ2v) is 7.67. The monoisotopic (exact) mass is 346 g/mol. The lowest BCUT2D eigenvalue weighted by molar-refractivity contribution is 0.295. The van der Waals surface area contributed by atoms with Crippen LogP contribution in [-0.2, 0) is 0 Å². The van der Waals surface area contributed by atoms with Crippen molar-refractivity contribution in [3.63, 3.8) is 0 Å². The van der Waals surface area contributed by atoms with E-state index in [0.717, 1.165) is 43.0 Å². The van der Waals surface area contributed by atoms with E-state index < -0.39 is 0 Å². The Morgan fingerprint density at radius 3 is 2.32 bits per heavy atom. The van der Waals surface area contributed by atoms with E-state index in [-0.39, 0.29) is 11.9 Å². The molecule has 1 N–H and O–H groups in total. The quantitative estimate of drug-likeness (QED) is 0.671. The van der Waals surface area contributed by atoms with Crippen molar-refractivity contribution in [1.29, 1.82) is 0 Å². The first kappa shape index (κ1) is 18.2. The van der Waals surface area contributed by atoms with Crippen molar-refractivity contribution in [3.05, 3.63) is 35.6 Å². The second-order valence-electron chi connectivity index (χ2n) is 7.67. The van der Waals surface area contributed by atoms with Gasteiger partial charge in [-0.2, -0.15) is 0 Å². The van der Waals surface area contributed by atoms with Crippen molar-refractivity contribution in [2.45, 2.75) is 31.7 Å². The van der Waals surface area contributed by atoms with Gasteiger partial charge < -0.3 is 15.1 Å². The Kier molecular flexibility index (Phi) is 5.94. The highest BCUT2D eigenvalue weighted by molar-refractivity contribution is 5.80. The van der Waals surface area contributed by atoms with Crippen LogP contribution in [0, 0.1) is 17.7 Å². The van der Waals surface area contributed by atoms with Gasteiger partial charge in [-0.15, -0.1) is 0 Å². The van der Waals surface area contributed by atoms with Gasteiger partial charge in [-0.3, -0.25) is 4.99 Å². The lowest BCUT2D eigenvalue weighted by atomic mass is 9.82. The van der Waals surface area contributed by atoms with E-state index in [2.05, 4.69) is 34.2 Å². The van der Waals surface area contributed by atoms with Gasteiger partial charge in [-0.25, -0.2) is 4.39 Å². The number of likely N-dealkylation sites (tertiary alicyclic amines) is 1. The molecule has 3 atom stereocenters. The van der Waals surface area contributed by atoms with Gasteiger partial charge in [0.25, 0.3) is 0 Å². The average molecular weight is 346 g/mol. The molecular weight excluding hydrogens is 315 g/mol. The molecule has 0 bridgehead atoms. The molecule has 2 aliphatic rings. The zero-order chi connectivity index (χ0) is 17.8. The third-order valence-corrected chi connectivity index (χ3v) is 5.82. The highest BCUT2D eigenvalue weighted by Crippen LogP contribution is 2.36. The molecule has 3 unspecified atom stereocenters. The number of hydrogen-bond acceptors (Lipinski definition) is 2. The summed E-state index contributed by atoms with van der Waals surface area (Å²) < 4.78 is 13.2. The number of aliphatic imine (C=N–C) groups is 1. The summed E-state index contributed by atoms with van der Waals surface area (Å²) in [4.78, 5) is 9.11. The summed E-state index contributed by atoms with van der Waals surface area (Å²) in [5.74, 6) is 2.50. The van der Waals surface area contributed by atoms with Crippen molar-refractivity contribution in [3.8, 4) is 0 Å². The summed E-state index contributed by atoms with van der Waals surface area (Å²) in [5, 5.41) is 3.56. The van der Waals surface area contributed by atoms with Crippen LogP contribution in [0.1, 0.15) is 37.3 Å². The summed E-state index contributed by atoms with van der Waals surface area (Å²) in [7, 11) is 5.98. The predicted octanol–water partition coefficient (Wildman–Crippen LogP) is 3.13. The number of hydrogen-bond donors (Lipinski definition) is 1. The van der Waals surface area contributed by atoms with Crippen LogP contribution in [0.2, 0.25) is 0 Å². The Bertz CT molecular complexity index is 570. The SMILES string of the molecule is CN=C(NCC(c1ccc(F)cc1)N(C)C)N1CC2CCCCC2C1. The van der Waals surface area contributed by atoms with Crippen LogP contribution < -0.4 is 5.32 Å². The smallest absolute Gasteiger partial charge is 0.193 e. The number of likely N-dealkylation sites (N-methyl/N-ethyl adjacent to an activating group) is 1. The van der Waals surface area contributed by atoms with Crippen molar-refractivity contribution in [2.75, 3.05) is 40.8 Å². The zero-order valence-corrected chi connectivity index (χ0v) is 15.7. The first-order valence-electron chi connectivity index (χ1n) is 9.46. The van der Waals surface area contributed by atoms with E-state index in [0.29, 0.717) is 0 Å². The molecule has 0 spiro atoms. The summed E-state index contributed by atoms with van der Waals surface area (Å²) in [6.45, 7) is 3.03. The van der Waals surface area contributed by atoms with E-state index in [1.54, 1.807) is 0 Å². The fourth-order valence-corrected chi connectivity index (χ4v) is 4.38. The molecule has 2 fully saturated rings.